The zero-order valence-electron chi connectivity index (χ0n) is 15.6. The minimum Gasteiger partial charge on any atom is -0.477 e. The van der Waals surface area contributed by atoms with Gasteiger partial charge in [-0.3, -0.25) is 4.79 Å². The SMILES string of the molecule is CCN(C(=O)CN1C(C(=O)O)=CC2CCCCCC21)c1cccc(C)c1. The second-order valence-corrected chi connectivity index (χ2v) is 7.33. The van der Waals surface area contributed by atoms with Crippen LogP contribution in [0.4, 0.5) is 5.69 Å². The molecule has 1 aliphatic carbocycles. The monoisotopic (exact) mass is 356 g/mol. The minimum atomic E-state index is -0.926. The fraction of sp³-hybridized carbons (Fsp3) is 0.524. The van der Waals surface area contributed by atoms with E-state index in [1.54, 1.807) is 4.90 Å². The van der Waals surface area contributed by atoms with E-state index in [1.165, 1.54) is 6.42 Å². The molecule has 3 rings (SSSR count). The molecule has 0 saturated heterocycles. The van der Waals surface area contributed by atoms with Crippen LogP contribution in [0.1, 0.15) is 44.6 Å². The number of amides is 1. The summed E-state index contributed by atoms with van der Waals surface area (Å²) < 4.78 is 0. The number of hydrogen-bond acceptors (Lipinski definition) is 3. The van der Waals surface area contributed by atoms with Crippen molar-refractivity contribution in [3.05, 3.63) is 41.6 Å². The molecule has 1 aromatic rings. The lowest BCUT2D eigenvalue weighted by Crippen LogP contribution is -2.44. The van der Waals surface area contributed by atoms with Crippen molar-refractivity contribution in [2.75, 3.05) is 18.0 Å². The predicted octanol–water partition coefficient (Wildman–Crippen LogP) is 3.58. The number of fused-ring (bicyclic) bond motifs is 1. The van der Waals surface area contributed by atoms with Crippen molar-refractivity contribution < 1.29 is 14.7 Å². The second-order valence-electron chi connectivity index (χ2n) is 7.33. The Morgan fingerprint density at radius 2 is 2.00 bits per heavy atom. The first-order valence-corrected chi connectivity index (χ1v) is 9.60. The summed E-state index contributed by atoms with van der Waals surface area (Å²) in [5.41, 5.74) is 2.27. The van der Waals surface area contributed by atoms with Crippen LogP contribution in [-0.4, -0.2) is 41.0 Å². The molecular weight excluding hydrogens is 328 g/mol. The number of benzene rings is 1. The first-order valence-electron chi connectivity index (χ1n) is 9.60. The number of nitrogens with zero attached hydrogens (tertiary/aromatic N) is 2. The largest absolute Gasteiger partial charge is 0.477 e. The molecule has 2 unspecified atom stereocenters. The molecule has 0 spiro atoms. The van der Waals surface area contributed by atoms with Crippen molar-refractivity contribution in [3.8, 4) is 0 Å². The van der Waals surface area contributed by atoms with Gasteiger partial charge in [-0.15, -0.1) is 0 Å². The first-order chi connectivity index (χ1) is 12.5. The highest BCUT2D eigenvalue weighted by Crippen LogP contribution is 2.36. The molecule has 0 bridgehead atoms. The third-order valence-electron chi connectivity index (χ3n) is 5.57. The summed E-state index contributed by atoms with van der Waals surface area (Å²) in [7, 11) is 0. The van der Waals surface area contributed by atoms with E-state index in [9.17, 15) is 14.7 Å². The number of likely N-dealkylation sites (N-methyl/N-ethyl adjacent to an activating group) is 1. The van der Waals surface area contributed by atoms with Gasteiger partial charge in [-0.2, -0.15) is 0 Å². The maximum atomic E-state index is 13.0. The lowest BCUT2D eigenvalue weighted by molar-refractivity contribution is -0.134. The molecule has 1 heterocycles. The average Bonchev–Trinajstić information content (AvgIpc) is 2.78. The van der Waals surface area contributed by atoms with Crippen LogP contribution < -0.4 is 4.90 Å². The Morgan fingerprint density at radius 3 is 2.69 bits per heavy atom. The number of anilines is 1. The van der Waals surface area contributed by atoms with Crippen molar-refractivity contribution in [2.24, 2.45) is 5.92 Å². The third kappa shape index (κ3) is 3.76. The average molecular weight is 356 g/mol. The lowest BCUT2D eigenvalue weighted by Gasteiger charge is -2.32. The second kappa shape index (κ2) is 7.94. The molecule has 1 fully saturated rings. The zero-order valence-corrected chi connectivity index (χ0v) is 15.6. The molecule has 0 aromatic heterocycles. The van der Waals surface area contributed by atoms with E-state index < -0.39 is 5.97 Å². The third-order valence-corrected chi connectivity index (χ3v) is 5.57. The van der Waals surface area contributed by atoms with Gasteiger partial charge in [0, 0.05) is 18.3 Å². The Labute approximate surface area is 155 Å². The summed E-state index contributed by atoms with van der Waals surface area (Å²) in [6.45, 7) is 4.65. The summed E-state index contributed by atoms with van der Waals surface area (Å²) in [5, 5.41) is 9.63. The van der Waals surface area contributed by atoms with Crippen molar-refractivity contribution >= 4 is 17.6 Å². The van der Waals surface area contributed by atoms with Crippen molar-refractivity contribution in [3.63, 3.8) is 0 Å². The summed E-state index contributed by atoms with van der Waals surface area (Å²) in [6, 6.07) is 8.02. The van der Waals surface area contributed by atoms with E-state index >= 15 is 0 Å². The maximum Gasteiger partial charge on any atom is 0.351 e. The van der Waals surface area contributed by atoms with Gasteiger partial charge in [0.05, 0.1) is 6.54 Å². The highest BCUT2D eigenvalue weighted by molar-refractivity contribution is 5.96. The molecular formula is C21H28N2O3. The highest BCUT2D eigenvalue weighted by Gasteiger charge is 2.39. The molecule has 5 heteroatoms. The van der Waals surface area contributed by atoms with Crippen LogP contribution in [0.15, 0.2) is 36.0 Å². The van der Waals surface area contributed by atoms with E-state index in [1.807, 2.05) is 49.1 Å². The van der Waals surface area contributed by atoms with Gasteiger partial charge < -0.3 is 14.9 Å². The molecule has 0 radical (unpaired) electrons. The summed E-state index contributed by atoms with van der Waals surface area (Å²) in [6.07, 6.45) is 7.28. The van der Waals surface area contributed by atoms with Gasteiger partial charge in [0.2, 0.25) is 5.91 Å². The maximum absolute atomic E-state index is 13.0. The van der Waals surface area contributed by atoms with Crippen LogP contribution >= 0.6 is 0 Å². The number of aryl methyl sites for hydroxylation is 1. The molecule has 2 aliphatic rings. The Kier molecular flexibility index (Phi) is 5.64. The molecule has 140 valence electrons. The highest BCUT2D eigenvalue weighted by atomic mass is 16.4. The van der Waals surface area contributed by atoms with Gasteiger partial charge in [0.15, 0.2) is 0 Å². The Balaban J connectivity index is 1.81. The van der Waals surface area contributed by atoms with Gasteiger partial charge in [-0.05, 0) is 56.4 Å². The Morgan fingerprint density at radius 1 is 1.23 bits per heavy atom. The van der Waals surface area contributed by atoms with Gasteiger partial charge in [-0.1, -0.05) is 31.4 Å². The molecule has 5 nitrogen and oxygen atoms in total. The van der Waals surface area contributed by atoms with Crippen molar-refractivity contribution in [1.82, 2.24) is 4.90 Å². The van der Waals surface area contributed by atoms with E-state index in [4.69, 9.17) is 0 Å². The number of carbonyl (C=O) groups excluding carboxylic acids is 1. The molecule has 26 heavy (non-hydrogen) atoms. The molecule has 1 N–H and O–H groups in total. The zero-order chi connectivity index (χ0) is 18.7. The Hall–Kier alpha value is -2.30. The van der Waals surface area contributed by atoms with E-state index in [2.05, 4.69) is 0 Å². The molecule has 1 amide bonds. The topological polar surface area (TPSA) is 60.9 Å². The standard InChI is InChI=1S/C21H28N2O3/c1-3-22(17-10-7-8-15(2)12-17)20(24)14-23-18-11-6-4-5-9-16(18)13-19(23)21(25)26/h7-8,10,12-13,16,18H,3-6,9,11,14H2,1-2H3,(H,25,26). The quantitative estimate of drug-likeness (QED) is 0.876. The normalized spacial score (nSPS) is 22.4. The predicted molar refractivity (Wildman–Crippen MR) is 102 cm³/mol. The number of carbonyl (C=O) groups is 2. The van der Waals surface area contributed by atoms with Crippen LogP contribution in [0.2, 0.25) is 0 Å². The minimum absolute atomic E-state index is 0.0462. The van der Waals surface area contributed by atoms with E-state index in [0.29, 0.717) is 12.2 Å². The molecule has 2 atom stereocenters. The fourth-order valence-corrected chi connectivity index (χ4v) is 4.30. The Bertz CT molecular complexity index is 713. The van der Waals surface area contributed by atoms with Crippen LogP contribution in [0.3, 0.4) is 0 Å². The number of aliphatic carboxylic acids is 1. The molecule has 1 saturated carbocycles. The van der Waals surface area contributed by atoms with Crippen LogP contribution in [-0.2, 0) is 9.59 Å². The summed E-state index contributed by atoms with van der Waals surface area (Å²) in [5.74, 6) is -0.718. The van der Waals surface area contributed by atoms with Crippen LogP contribution in [0.5, 0.6) is 0 Å². The molecule has 1 aromatic carbocycles. The fourth-order valence-electron chi connectivity index (χ4n) is 4.30. The number of carboxylic acid groups (broad SMARTS) is 1. The number of carboxylic acids is 1. The van der Waals surface area contributed by atoms with Crippen LogP contribution in [0, 0.1) is 12.8 Å². The molecule has 1 aliphatic heterocycles. The number of rotatable bonds is 5. The smallest absolute Gasteiger partial charge is 0.351 e. The van der Waals surface area contributed by atoms with Gasteiger partial charge in [-0.25, -0.2) is 4.79 Å². The summed E-state index contributed by atoms with van der Waals surface area (Å²) >= 11 is 0. The van der Waals surface area contributed by atoms with Crippen LogP contribution in [0.25, 0.3) is 0 Å². The lowest BCUT2D eigenvalue weighted by atomic mass is 9.97. The van der Waals surface area contributed by atoms with E-state index in [-0.39, 0.29) is 24.4 Å². The number of hydrogen-bond donors (Lipinski definition) is 1. The van der Waals surface area contributed by atoms with Gasteiger partial charge in [0.1, 0.15) is 5.70 Å². The van der Waals surface area contributed by atoms with E-state index in [0.717, 1.165) is 36.9 Å². The van der Waals surface area contributed by atoms with Crippen molar-refractivity contribution in [1.29, 1.82) is 0 Å². The summed E-state index contributed by atoms with van der Waals surface area (Å²) in [4.78, 5) is 28.4. The van der Waals surface area contributed by atoms with Gasteiger partial charge in [0.25, 0.3) is 0 Å². The van der Waals surface area contributed by atoms with Crippen molar-refractivity contribution in [2.45, 2.75) is 52.0 Å². The van der Waals surface area contributed by atoms with Gasteiger partial charge >= 0.3 is 5.97 Å². The first kappa shape index (κ1) is 18.5.